The Bertz CT molecular complexity index is 305. The molecule has 7 heteroatoms. The number of ether oxygens (including phenoxy) is 2. The fraction of sp³-hybridized carbons (Fsp3) is 0.700. The second-order valence-corrected chi connectivity index (χ2v) is 3.62. The van der Waals surface area contributed by atoms with Gasteiger partial charge in [-0.1, -0.05) is 0 Å². The van der Waals surface area contributed by atoms with E-state index in [9.17, 15) is 14.4 Å². The lowest BCUT2D eigenvalue weighted by Crippen LogP contribution is -2.52. The van der Waals surface area contributed by atoms with Crippen LogP contribution in [-0.2, 0) is 23.9 Å². The van der Waals surface area contributed by atoms with Crippen LogP contribution < -0.4 is 10.6 Å². The van der Waals surface area contributed by atoms with Gasteiger partial charge in [-0.05, 0) is 6.42 Å². The first-order valence-corrected chi connectivity index (χ1v) is 5.33. The number of amides is 3. The van der Waals surface area contributed by atoms with Gasteiger partial charge in [0.1, 0.15) is 12.6 Å². The van der Waals surface area contributed by atoms with Crippen LogP contribution in [0.3, 0.4) is 0 Å². The second kappa shape index (κ2) is 6.97. The van der Waals surface area contributed by atoms with E-state index >= 15 is 0 Å². The Kier molecular flexibility index (Phi) is 5.58. The summed E-state index contributed by atoms with van der Waals surface area (Å²) >= 11 is 0. The van der Waals surface area contributed by atoms with Crippen molar-refractivity contribution in [1.82, 2.24) is 10.6 Å². The van der Waals surface area contributed by atoms with Crippen molar-refractivity contribution >= 4 is 17.7 Å². The smallest absolute Gasteiger partial charge is 0.249 e. The van der Waals surface area contributed by atoms with Crippen molar-refractivity contribution in [2.75, 3.05) is 26.9 Å². The van der Waals surface area contributed by atoms with E-state index in [1.807, 2.05) is 0 Å². The highest BCUT2D eigenvalue weighted by Crippen LogP contribution is 2.03. The van der Waals surface area contributed by atoms with E-state index in [-0.39, 0.29) is 24.8 Å². The molecule has 1 aliphatic heterocycles. The molecular weight excluding hydrogens is 228 g/mol. The molecule has 1 unspecified atom stereocenters. The maximum atomic E-state index is 11.4. The van der Waals surface area contributed by atoms with Crippen LogP contribution in [0.4, 0.5) is 0 Å². The first-order chi connectivity index (χ1) is 8.13. The molecule has 1 fully saturated rings. The zero-order valence-corrected chi connectivity index (χ0v) is 9.65. The highest BCUT2D eigenvalue weighted by Gasteiger charge is 2.27. The summed E-state index contributed by atoms with van der Waals surface area (Å²) in [6, 6.07) is -0.647. The normalized spacial score (nSPS) is 19.9. The number of imide groups is 1. The van der Waals surface area contributed by atoms with Gasteiger partial charge < -0.3 is 14.8 Å². The summed E-state index contributed by atoms with van der Waals surface area (Å²) < 4.78 is 9.74. The van der Waals surface area contributed by atoms with Gasteiger partial charge in [-0.2, -0.15) is 0 Å². The fourth-order valence-electron chi connectivity index (χ4n) is 1.37. The van der Waals surface area contributed by atoms with Gasteiger partial charge >= 0.3 is 0 Å². The summed E-state index contributed by atoms with van der Waals surface area (Å²) in [4.78, 5) is 33.5. The van der Waals surface area contributed by atoms with Crippen molar-refractivity contribution in [2.24, 2.45) is 0 Å². The quantitative estimate of drug-likeness (QED) is 0.441. The molecule has 0 bridgehead atoms. The molecule has 96 valence electrons. The van der Waals surface area contributed by atoms with Crippen molar-refractivity contribution < 1.29 is 23.9 Å². The molecule has 17 heavy (non-hydrogen) atoms. The van der Waals surface area contributed by atoms with E-state index in [0.29, 0.717) is 19.6 Å². The van der Waals surface area contributed by atoms with Crippen LogP contribution in [0, 0.1) is 0 Å². The lowest BCUT2D eigenvalue weighted by atomic mass is 10.1. The van der Waals surface area contributed by atoms with E-state index in [1.165, 1.54) is 7.11 Å². The molecule has 1 aliphatic rings. The Labute approximate surface area is 98.8 Å². The number of hydrogen-bond acceptors (Lipinski definition) is 5. The minimum absolute atomic E-state index is 0.124. The van der Waals surface area contributed by atoms with E-state index < -0.39 is 11.9 Å². The first-order valence-electron chi connectivity index (χ1n) is 5.33. The third-order valence-electron chi connectivity index (χ3n) is 2.24. The molecule has 0 saturated carbocycles. The summed E-state index contributed by atoms with van der Waals surface area (Å²) in [6.07, 6.45) is 0.565. The topological polar surface area (TPSA) is 93.7 Å². The number of rotatable bonds is 6. The fourth-order valence-corrected chi connectivity index (χ4v) is 1.37. The van der Waals surface area contributed by atoms with Crippen LogP contribution in [0.5, 0.6) is 0 Å². The molecule has 1 heterocycles. The van der Waals surface area contributed by atoms with Crippen LogP contribution in [0.1, 0.15) is 12.8 Å². The van der Waals surface area contributed by atoms with Gasteiger partial charge in [0, 0.05) is 13.5 Å². The van der Waals surface area contributed by atoms with Crippen molar-refractivity contribution in [1.29, 1.82) is 0 Å². The Morgan fingerprint density at radius 2 is 2.24 bits per heavy atom. The zero-order valence-electron chi connectivity index (χ0n) is 9.65. The van der Waals surface area contributed by atoms with E-state index in [0.717, 1.165) is 0 Å². The van der Waals surface area contributed by atoms with Gasteiger partial charge in [0.05, 0.1) is 13.2 Å². The SMILES string of the molecule is COCCOCC(=O)NC1CCC(=O)NC1=O. The molecule has 1 rings (SSSR count). The minimum Gasteiger partial charge on any atom is -0.382 e. The summed E-state index contributed by atoms with van der Waals surface area (Å²) in [5.41, 5.74) is 0. The van der Waals surface area contributed by atoms with Crippen molar-refractivity contribution in [3.63, 3.8) is 0 Å². The maximum Gasteiger partial charge on any atom is 0.249 e. The molecule has 3 amide bonds. The van der Waals surface area contributed by atoms with Gasteiger partial charge in [-0.15, -0.1) is 0 Å². The highest BCUT2D eigenvalue weighted by atomic mass is 16.5. The average Bonchev–Trinajstić information content (AvgIpc) is 2.28. The third kappa shape index (κ3) is 4.92. The molecule has 1 atom stereocenters. The predicted molar refractivity (Wildman–Crippen MR) is 57.0 cm³/mol. The van der Waals surface area contributed by atoms with E-state index in [4.69, 9.17) is 9.47 Å². The molecule has 7 nitrogen and oxygen atoms in total. The van der Waals surface area contributed by atoms with E-state index in [1.54, 1.807) is 0 Å². The van der Waals surface area contributed by atoms with Gasteiger partial charge in [-0.3, -0.25) is 19.7 Å². The Morgan fingerprint density at radius 3 is 2.88 bits per heavy atom. The largest absolute Gasteiger partial charge is 0.382 e. The van der Waals surface area contributed by atoms with Crippen LogP contribution in [0.15, 0.2) is 0 Å². The summed E-state index contributed by atoms with van der Waals surface area (Å²) in [5.74, 6) is -1.15. The Hall–Kier alpha value is -1.47. The molecule has 0 radical (unpaired) electrons. The molecule has 0 aromatic heterocycles. The number of nitrogens with one attached hydrogen (secondary N) is 2. The number of hydrogen-bond donors (Lipinski definition) is 2. The second-order valence-electron chi connectivity index (χ2n) is 3.62. The molecule has 2 N–H and O–H groups in total. The minimum atomic E-state index is -0.647. The van der Waals surface area contributed by atoms with Crippen LogP contribution in [-0.4, -0.2) is 50.7 Å². The third-order valence-corrected chi connectivity index (χ3v) is 2.24. The number of methoxy groups -OCH3 is 1. The Morgan fingerprint density at radius 1 is 1.47 bits per heavy atom. The van der Waals surface area contributed by atoms with Crippen LogP contribution >= 0.6 is 0 Å². The number of piperidine rings is 1. The Balaban J connectivity index is 2.21. The first kappa shape index (κ1) is 13.6. The molecule has 0 aromatic rings. The van der Waals surface area contributed by atoms with Gasteiger partial charge in [0.25, 0.3) is 0 Å². The molecule has 0 aliphatic carbocycles. The van der Waals surface area contributed by atoms with Crippen molar-refractivity contribution in [2.45, 2.75) is 18.9 Å². The van der Waals surface area contributed by atoms with Crippen molar-refractivity contribution in [3.8, 4) is 0 Å². The molecule has 0 spiro atoms. The zero-order chi connectivity index (χ0) is 12.7. The van der Waals surface area contributed by atoms with Crippen LogP contribution in [0.2, 0.25) is 0 Å². The summed E-state index contributed by atoms with van der Waals surface area (Å²) in [5, 5.41) is 4.65. The van der Waals surface area contributed by atoms with Crippen molar-refractivity contribution in [3.05, 3.63) is 0 Å². The standard InChI is InChI=1S/C10H16N2O5/c1-16-4-5-17-6-9(14)11-7-2-3-8(13)12-10(7)15/h7H,2-6H2,1H3,(H,11,14)(H,12,13,15). The molecule has 0 aromatic carbocycles. The maximum absolute atomic E-state index is 11.4. The van der Waals surface area contributed by atoms with Crippen LogP contribution in [0.25, 0.3) is 0 Å². The number of carbonyl (C=O) groups excluding carboxylic acids is 3. The number of carbonyl (C=O) groups is 3. The van der Waals surface area contributed by atoms with Gasteiger partial charge in [-0.25, -0.2) is 0 Å². The lowest BCUT2D eigenvalue weighted by Gasteiger charge is -2.21. The molecule has 1 saturated heterocycles. The lowest BCUT2D eigenvalue weighted by molar-refractivity contribution is -0.138. The van der Waals surface area contributed by atoms with Gasteiger partial charge in [0.2, 0.25) is 17.7 Å². The monoisotopic (exact) mass is 244 g/mol. The average molecular weight is 244 g/mol. The molecular formula is C10H16N2O5. The highest BCUT2D eigenvalue weighted by molar-refractivity contribution is 6.01. The summed E-state index contributed by atoms with van der Waals surface area (Å²) in [6.45, 7) is 0.603. The summed E-state index contributed by atoms with van der Waals surface area (Å²) in [7, 11) is 1.53. The van der Waals surface area contributed by atoms with Gasteiger partial charge in [0.15, 0.2) is 0 Å². The predicted octanol–water partition coefficient (Wildman–Crippen LogP) is -1.43. The van der Waals surface area contributed by atoms with E-state index in [2.05, 4.69) is 10.6 Å².